The van der Waals surface area contributed by atoms with Gasteiger partial charge in [0.15, 0.2) is 5.78 Å². The van der Waals surface area contributed by atoms with Crippen molar-refractivity contribution < 1.29 is 18.4 Å². The molecular formula is C22H15F2N3O4S. The normalized spacial score (nSPS) is 11.0. The number of carbonyl (C=O) groups is 2. The molecule has 0 aliphatic rings. The molecule has 0 unspecified atom stereocenters. The van der Waals surface area contributed by atoms with E-state index in [0.717, 1.165) is 28.0 Å². The third kappa shape index (κ3) is 4.00. The summed E-state index contributed by atoms with van der Waals surface area (Å²) in [7, 11) is 0. The molecule has 0 bridgehead atoms. The Morgan fingerprint density at radius 3 is 2.28 bits per heavy atom. The standard InChI is InChI=1S/C22H15F2N3O4S/c1-12(28)13-2-4-16(5-3-13)25-19(29)11-26-18-6-7-32-20(18)21(30)27(22(26)31)17-9-14(23)8-15(24)10-17/h2-10H,11H2,1H3,(H,25,29). The van der Waals surface area contributed by atoms with Gasteiger partial charge in [0.2, 0.25) is 5.91 Å². The summed E-state index contributed by atoms with van der Waals surface area (Å²) in [5.74, 6) is -2.58. The third-order valence-corrected chi connectivity index (χ3v) is 5.63. The number of halogens is 2. The van der Waals surface area contributed by atoms with E-state index in [9.17, 15) is 28.0 Å². The molecule has 2 heterocycles. The van der Waals surface area contributed by atoms with E-state index in [1.165, 1.54) is 13.0 Å². The fourth-order valence-electron chi connectivity index (χ4n) is 3.27. The van der Waals surface area contributed by atoms with Crippen LogP contribution < -0.4 is 16.6 Å². The van der Waals surface area contributed by atoms with Crippen LogP contribution in [0.15, 0.2) is 63.5 Å². The number of anilines is 1. The minimum atomic E-state index is -0.948. The molecule has 2 aromatic carbocycles. The summed E-state index contributed by atoms with van der Waals surface area (Å²) < 4.78 is 29.3. The van der Waals surface area contributed by atoms with Gasteiger partial charge in [-0.1, -0.05) is 0 Å². The zero-order valence-electron chi connectivity index (χ0n) is 16.6. The van der Waals surface area contributed by atoms with Crippen molar-refractivity contribution in [2.24, 2.45) is 0 Å². The zero-order chi connectivity index (χ0) is 23.0. The van der Waals surface area contributed by atoms with E-state index in [4.69, 9.17) is 0 Å². The summed E-state index contributed by atoms with van der Waals surface area (Å²) in [5.41, 5.74) is -0.792. The second-order valence-electron chi connectivity index (χ2n) is 6.95. The average Bonchev–Trinajstić information content (AvgIpc) is 3.21. The summed E-state index contributed by atoms with van der Waals surface area (Å²) >= 11 is 1.05. The van der Waals surface area contributed by atoms with E-state index in [0.29, 0.717) is 21.9 Å². The number of Topliss-reactive ketones (excluding diaryl/α,β-unsaturated/α-hetero) is 1. The highest BCUT2D eigenvalue weighted by atomic mass is 32.1. The summed E-state index contributed by atoms with van der Waals surface area (Å²) in [6, 6.07) is 10.1. The Bertz CT molecular complexity index is 1470. The first kappa shape index (κ1) is 21.3. The number of rotatable bonds is 5. The maximum Gasteiger partial charge on any atom is 0.336 e. The first-order valence-corrected chi connectivity index (χ1v) is 10.2. The molecule has 0 saturated carbocycles. The second-order valence-corrected chi connectivity index (χ2v) is 7.87. The van der Waals surface area contributed by atoms with Gasteiger partial charge >= 0.3 is 5.69 Å². The fourth-order valence-corrected chi connectivity index (χ4v) is 4.09. The quantitative estimate of drug-likeness (QED) is 0.468. The van der Waals surface area contributed by atoms with Crippen LogP contribution in [0.1, 0.15) is 17.3 Å². The Hall–Kier alpha value is -3.92. The monoisotopic (exact) mass is 455 g/mol. The Kier molecular flexibility index (Phi) is 5.54. The van der Waals surface area contributed by atoms with Crippen molar-refractivity contribution in [2.75, 3.05) is 5.32 Å². The molecular weight excluding hydrogens is 440 g/mol. The van der Waals surface area contributed by atoms with Crippen molar-refractivity contribution in [1.82, 2.24) is 9.13 Å². The van der Waals surface area contributed by atoms with E-state index in [1.54, 1.807) is 29.6 Å². The molecule has 162 valence electrons. The van der Waals surface area contributed by atoms with Gasteiger partial charge in [0.1, 0.15) is 22.9 Å². The van der Waals surface area contributed by atoms with Gasteiger partial charge < -0.3 is 5.32 Å². The largest absolute Gasteiger partial charge is 0.336 e. The first-order chi connectivity index (χ1) is 15.2. The number of aromatic nitrogens is 2. The van der Waals surface area contributed by atoms with Gasteiger partial charge in [0.05, 0.1) is 11.2 Å². The lowest BCUT2D eigenvalue weighted by atomic mass is 10.1. The maximum absolute atomic E-state index is 13.7. The molecule has 1 N–H and O–H groups in total. The van der Waals surface area contributed by atoms with Crippen LogP contribution in [-0.2, 0) is 11.3 Å². The van der Waals surface area contributed by atoms with Gasteiger partial charge in [0.25, 0.3) is 5.56 Å². The van der Waals surface area contributed by atoms with Crippen molar-refractivity contribution in [2.45, 2.75) is 13.5 Å². The smallest absolute Gasteiger partial charge is 0.325 e. The van der Waals surface area contributed by atoms with E-state index in [1.807, 2.05) is 0 Å². The van der Waals surface area contributed by atoms with Gasteiger partial charge in [-0.3, -0.25) is 19.0 Å². The zero-order valence-corrected chi connectivity index (χ0v) is 17.4. The van der Waals surface area contributed by atoms with Gasteiger partial charge in [0, 0.05) is 17.3 Å². The average molecular weight is 455 g/mol. The lowest BCUT2D eigenvalue weighted by Gasteiger charge is -2.13. The van der Waals surface area contributed by atoms with Crippen molar-refractivity contribution in [1.29, 1.82) is 0 Å². The van der Waals surface area contributed by atoms with Gasteiger partial charge in [-0.15, -0.1) is 11.3 Å². The maximum atomic E-state index is 13.7. The van der Waals surface area contributed by atoms with E-state index in [-0.39, 0.29) is 21.7 Å². The number of nitrogens with one attached hydrogen (secondary N) is 1. The van der Waals surface area contributed by atoms with Crippen LogP contribution in [0.25, 0.3) is 15.9 Å². The molecule has 32 heavy (non-hydrogen) atoms. The topological polar surface area (TPSA) is 90.2 Å². The Morgan fingerprint density at radius 1 is 1.00 bits per heavy atom. The molecule has 0 fully saturated rings. The van der Waals surface area contributed by atoms with Crippen LogP contribution in [0.2, 0.25) is 0 Å². The number of carbonyl (C=O) groups excluding carboxylic acids is 2. The van der Waals surface area contributed by atoms with Crippen LogP contribution in [0.4, 0.5) is 14.5 Å². The second kappa shape index (κ2) is 8.31. The Morgan fingerprint density at radius 2 is 1.66 bits per heavy atom. The van der Waals surface area contributed by atoms with Crippen molar-refractivity contribution in [3.8, 4) is 5.69 Å². The fraction of sp³-hybridized carbons (Fsp3) is 0.0909. The Labute approximate surface area is 183 Å². The highest BCUT2D eigenvalue weighted by molar-refractivity contribution is 7.17. The van der Waals surface area contributed by atoms with Gasteiger partial charge in [-0.25, -0.2) is 18.1 Å². The predicted molar refractivity (Wildman–Crippen MR) is 117 cm³/mol. The molecule has 0 atom stereocenters. The molecule has 0 saturated heterocycles. The number of nitrogens with zero attached hydrogens (tertiary/aromatic N) is 2. The highest BCUT2D eigenvalue weighted by Crippen LogP contribution is 2.18. The lowest BCUT2D eigenvalue weighted by molar-refractivity contribution is -0.116. The molecule has 4 rings (SSSR count). The number of benzene rings is 2. The highest BCUT2D eigenvalue weighted by Gasteiger charge is 2.18. The van der Waals surface area contributed by atoms with Crippen LogP contribution >= 0.6 is 11.3 Å². The molecule has 2 aromatic heterocycles. The summed E-state index contributed by atoms with van der Waals surface area (Å²) in [6.07, 6.45) is 0. The molecule has 7 nitrogen and oxygen atoms in total. The van der Waals surface area contributed by atoms with E-state index >= 15 is 0 Å². The van der Waals surface area contributed by atoms with Crippen molar-refractivity contribution >= 4 is 38.9 Å². The van der Waals surface area contributed by atoms with E-state index in [2.05, 4.69) is 5.32 Å². The lowest BCUT2D eigenvalue weighted by Crippen LogP contribution is -2.40. The minimum Gasteiger partial charge on any atom is -0.325 e. The van der Waals surface area contributed by atoms with Crippen molar-refractivity contribution in [3.63, 3.8) is 0 Å². The van der Waals surface area contributed by atoms with Crippen LogP contribution in [-0.4, -0.2) is 20.8 Å². The number of hydrogen-bond donors (Lipinski definition) is 1. The molecule has 0 aliphatic heterocycles. The molecule has 10 heteroatoms. The van der Waals surface area contributed by atoms with Crippen LogP contribution in [0.5, 0.6) is 0 Å². The van der Waals surface area contributed by atoms with Crippen LogP contribution in [0.3, 0.4) is 0 Å². The number of fused-ring (bicyclic) bond motifs is 1. The number of thiophene rings is 1. The summed E-state index contributed by atoms with van der Waals surface area (Å²) in [4.78, 5) is 49.9. The number of hydrogen-bond acceptors (Lipinski definition) is 5. The SMILES string of the molecule is CC(=O)c1ccc(NC(=O)Cn2c(=O)n(-c3cc(F)cc(F)c3)c(=O)c3sccc32)cc1. The number of amides is 1. The first-order valence-electron chi connectivity index (χ1n) is 9.35. The predicted octanol–water partition coefficient (Wildman–Crippen LogP) is 3.33. The van der Waals surface area contributed by atoms with Gasteiger partial charge in [-0.2, -0.15) is 0 Å². The van der Waals surface area contributed by atoms with Crippen molar-refractivity contribution in [3.05, 3.63) is 91.9 Å². The number of ketones is 1. The Balaban J connectivity index is 1.75. The third-order valence-electron chi connectivity index (χ3n) is 4.74. The summed E-state index contributed by atoms with van der Waals surface area (Å²) in [6.45, 7) is 0.976. The molecule has 0 spiro atoms. The molecule has 1 amide bonds. The molecule has 0 aliphatic carbocycles. The van der Waals surface area contributed by atoms with E-state index < -0.39 is 35.3 Å². The minimum absolute atomic E-state index is 0.120. The van der Waals surface area contributed by atoms with Gasteiger partial charge in [-0.05, 0) is 54.8 Å². The molecule has 4 aromatic rings. The van der Waals surface area contributed by atoms with Crippen LogP contribution in [0, 0.1) is 11.6 Å². The molecule has 0 radical (unpaired) electrons. The summed E-state index contributed by atoms with van der Waals surface area (Å²) in [5, 5.41) is 4.20.